The second-order valence-corrected chi connectivity index (χ2v) is 12.2. The van der Waals surface area contributed by atoms with Gasteiger partial charge >= 0.3 is 0 Å². The summed E-state index contributed by atoms with van der Waals surface area (Å²) in [6, 6.07) is 10.1. The molecule has 1 unspecified atom stereocenters. The van der Waals surface area contributed by atoms with Gasteiger partial charge in [0.2, 0.25) is 16.0 Å². The Labute approximate surface area is 234 Å². The molecule has 1 aromatic carbocycles. The highest BCUT2D eigenvalue weighted by Gasteiger charge is 2.24. The van der Waals surface area contributed by atoms with E-state index in [0.717, 1.165) is 30.9 Å². The number of sulfonamides is 1. The first-order valence-corrected chi connectivity index (χ1v) is 15.4. The molecular weight excluding hydrogens is 530 g/mol. The first-order valence-electron chi connectivity index (χ1n) is 13.5. The number of fused-ring (bicyclic) bond motifs is 1. The van der Waals surface area contributed by atoms with Crippen LogP contribution in [-0.2, 0) is 21.3 Å². The zero-order chi connectivity index (χ0) is 28.1. The average molecular weight is 566 g/mol. The van der Waals surface area contributed by atoms with Crippen molar-refractivity contribution in [1.82, 2.24) is 24.2 Å². The first-order chi connectivity index (χ1) is 19.3. The Kier molecular flexibility index (Phi) is 8.66. The van der Waals surface area contributed by atoms with Gasteiger partial charge in [-0.25, -0.2) is 17.7 Å². The minimum Gasteiger partial charge on any atom is -0.383 e. The molecule has 3 aromatic rings. The highest BCUT2D eigenvalue weighted by molar-refractivity contribution is 7.88. The van der Waals surface area contributed by atoms with Crippen LogP contribution in [0.4, 0.5) is 17.3 Å². The van der Waals surface area contributed by atoms with Gasteiger partial charge in [0.25, 0.3) is 5.56 Å². The number of pyridine rings is 1. The monoisotopic (exact) mass is 565 g/mol. The van der Waals surface area contributed by atoms with E-state index in [4.69, 9.17) is 4.74 Å². The SMILES string of the molecule is COCCn1c(=O)c(C#CC2CCN(S(C)(=O)=O)CC2)cc2cnc(Nc3ccc(NC4CCNC4)cc3)nc21. The van der Waals surface area contributed by atoms with Crippen molar-refractivity contribution in [2.75, 3.05) is 56.8 Å². The third kappa shape index (κ3) is 6.79. The van der Waals surface area contributed by atoms with Crippen molar-refractivity contribution in [3.63, 3.8) is 0 Å². The predicted octanol–water partition coefficient (Wildman–Crippen LogP) is 1.98. The summed E-state index contributed by atoms with van der Waals surface area (Å²) in [5.74, 6) is 6.66. The highest BCUT2D eigenvalue weighted by atomic mass is 32.2. The van der Waals surface area contributed by atoms with Gasteiger partial charge in [0, 0.05) is 61.7 Å². The van der Waals surface area contributed by atoms with E-state index in [2.05, 4.69) is 37.8 Å². The molecule has 2 aliphatic heterocycles. The van der Waals surface area contributed by atoms with Crippen molar-refractivity contribution in [2.24, 2.45) is 5.92 Å². The summed E-state index contributed by atoms with van der Waals surface area (Å²) in [4.78, 5) is 22.6. The molecule has 40 heavy (non-hydrogen) atoms. The molecule has 0 aliphatic carbocycles. The topological polar surface area (TPSA) is 130 Å². The van der Waals surface area contributed by atoms with Gasteiger partial charge in [-0.15, -0.1) is 0 Å². The van der Waals surface area contributed by atoms with Crippen LogP contribution in [-0.4, -0.2) is 79.5 Å². The first kappa shape index (κ1) is 28.0. The summed E-state index contributed by atoms with van der Waals surface area (Å²) in [5.41, 5.74) is 2.51. The number of anilines is 3. The van der Waals surface area contributed by atoms with Gasteiger partial charge in [0.1, 0.15) is 5.65 Å². The molecule has 2 fully saturated rings. The lowest BCUT2D eigenvalue weighted by Crippen LogP contribution is -2.37. The van der Waals surface area contributed by atoms with Crippen molar-refractivity contribution in [3.8, 4) is 11.8 Å². The van der Waals surface area contributed by atoms with Gasteiger partial charge in [-0.2, -0.15) is 4.98 Å². The number of rotatable bonds is 8. The summed E-state index contributed by atoms with van der Waals surface area (Å²) in [7, 11) is -1.61. The van der Waals surface area contributed by atoms with Crippen LogP contribution in [0.5, 0.6) is 0 Å². The molecule has 12 heteroatoms. The molecule has 5 rings (SSSR count). The van der Waals surface area contributed by atoms with Gasteiger partial charge < -0.3 is 20.7 Å². The van der Waals surface area contributed by atoms with Gasteiger partial charge in [-0.1, -0.05) is 11.8 Å². The maximum absolute atomic E-state index is 13.4. The molecule has 4 heterocycles. The fourth-order valence-electron chi connectivity index (χ4n) is 5.00. The smallest absolute Gasteiger partial charge is 0.268 e. The van der Waals surface area contributed by atoms with Crippen molar-refractivity contribution >= 4 is 38.4 Å². The maximum atomic E-state index is 13.4. The Morgan fingerprint density at radius 2 is 1.90 bits per heavy atom. The van der Waals surface area contributed by atoms with Crippen molar-refractivity contribution < 1.29 is 13.2 Å². The number of aromatic nitrogens is 3. The van der Waals surface area contributed by atoms with Gasteiger partial charge in [-0.3, -0.25) is 9.36 Å². The van der Waals surface area contributed by atoms with Crippen LogP contribution in [0.2, 0.25) is 0 Å². The van der Waals surface area contributed by atoms with E-state index in [-0.39, 0.29) is 11.5 Å². The number of benzene rings is 1. The summed E-state index contributed by atoms with van der Waals surface area (Å²) in [6.45, 7) is 3.54. The van der Waals surface area contributed by atoms with E-state index in [1.807, 2.05) is 24.3 Å². The summed E-state index contributed by atoms with van der Waals surface area (Å²) in [6.07, 6.45) is 5.29. The van der Waals surface area contributed by atoms with E-state index in [0.29, 0.717) is 67.7 Å². The Bertz CT molecular complexity index is 1560. The lowest BCUT2D eigenvalue weighted by Gasteiger charge is -2.27. The molecule has 0 amide bonds. The van der Waals surface area contributed by atoms with Crippen LogP contribution in [0, 0.1) is 17.8 Å². The summed E-state index contributed by atoms with van der Waals surface area (Å²) in [5, 5.41) is 10.8. The summed E-state index contributed by atoms with van der Waals surface area (Å²) < 4.78 is 31.9. The number of hydrogen-bond donors (Lipinski definition) is 3. The normalized spacial score (nSPS) is 18.4. The zero-order valence-corrected chi connectivity index (χ0v) is 23.6. The largest absolute Gasteiger partial charge is 0.383 e. The quantitative estimate of drug-likeness (QED) is 0.351. The van der Waals surface area contributed by atoms with Crippen LogP contribution >= 0.6 is 0 Å². The predicted molar refractivity (Wildman–Crippen MR) is 156 cm³/mol. The Balaban J connectivity index is 1.35. The van der Waals surface area contributed by atoms with Gasteiger partial charge in [0.15, 0.2) is 0 Å². The van der Waals surface area contributed by atoms with Crippen LogP contribution in [0.1, 0.15) is 24.8 Å². The van der Waals surface area contributed by atoms with E-state index < -0.39 is 10.0 Å². The Hall–Kier alpha value is -3.50. The number of ether oxygens (including phenoxy) is 1. The van der Waals surface area contributed by atoms with E-state index in [1.54, 1.807) is 23.9 Å². The molecule has 2 saturated heterocycles. The van der Waals surface area contributed by atoms with Crippen LogP contribution in [0.15, 0.2) is 41.3 Å². The van der Waals surface area contributed by atoms with Crippen LogP contribution in [0.25, 0.3) is 11.0 Å². The number of piperidine rings is 1. The minimum atomic E-state index is -3.20. The van der Waals surface area contributed by atoms with E-state index >= 15 is 0 Å². The lowest BCUT2D eigenvalue weighted by molar-refractivity contribution is 0.187. The van der Waals surface area contributed by atoms with Crippen LogP contribution < -0.4 is 21.5 Å². The Morgan fingerprint density at radius 1 is 1.15 bits per heavy atom. The zero-order valence-electron chi connectivity index (χ0n) is 22.8. The fourth-order valence-corrected chi connectivity index (χ4v) is 5.88. The number of hydrogen-bond acceptors (Lipinski definition) is 9. The van der Waals surface area contributed by atoms with Crippen LogP contribution in [0.3, 0.4) is 0 Å². The number of nitrogens with one attached hydrogen (secondary N) is 3. The lowest BCUT2D eigenvalue weighted by atomic mass is 9.98. The van der Waals surface area contributed by atoms with Gasteiger partial charge in [0.05, 0.1) is 25.0 Å². The highest BCUT2D eigenvalue weighted by Crippen LogP contribution is 2.21. The van der Waals surface area contributed by atoms with Crippen molar-refractivity contribution in [2.45, 2.75) is 31.8 Å². The molecule has 3 N–H and O–H groups in total. The number of methoxy groups -OCH3 is 1. The maximum Gasteiger partial charge on any atom is 0.268 e. The molecule has 2 aromatic heterocycles. The van der Waals surface area contributed by atoms with E-state index in [1.165, 1.54) is 10.6 Å². The molecule has 2 aliphatic rings. The number of nitrogens with zero attached hydrogens (tertiary/aromatic N) is 4. The molecule has 0 radical (unpaired) electrons. The molecule has 0 spiro atoms. The van der Waals surface area contributed by atoms with Gasteiger partial charge in [-0.05, 0) is 56.1 Å². The molecule has 11 nitrogen and oxygen atoms in total. The Morgan fingerprint density at radius 3 is 2.58 bits per heavy atom. The second kappa shape index (κ2) is 12.3. The standard InChI is InChI=1S/C28H35N7O4S/c1-39-16-15-35-26-22(17-21(27(35)36)4-3-20-10-13-34(14-11-20)40(2,37)38)18-30-28(33-26)32-24-7-5-23(6-8-24)31-25-9-12-29-19-25/h5-8,17-18,20,25,29,31H,9-16,19H2,1-2H3,(H,30,32,33). The third-order valence-corrected chi connectivity index (χ3v) is 8.56. The second-order valence-electron chi connectivity index (χ2n) is 10.2. The average Bonchev–Trinajstić information content (AvgIpc) is 3.46. The molecule has 1 atom stereocenters. The minimum absolute atomic E-state index is 0.0276. The molecule has 0 saturated carbocycles. The summed E-state index contributed by atoms with van der Waals surface area (Å²) >= 11 is 0. The fraction of sp³-hybridized carbons (Fsp3) is 0.464. The molecule has 212 valence electrons. The molecule has 0 bridgehead atoms. The van der Waals surface area contributed by atoms with E-state index in [9.17, 15) is 13.2 Å². The third-order valence-electron chi connectivity index (χ3n) is 7.25. The van der Waals surface area contributed by atoms with Crippen molar-refractivity contribution in [1.29, 1.82) is 0 Å². The van der Waals surface area contributed by atoms with Crippen molar-refractivity contribution in [3.05, 3.63) is 52.4 Å². The molecular formula is C28H35N7O4S.